The van der Waals surface area contributed by atoms with Gasteiger partial charge in [-0.25, -0.2) is 0 Å². The van der Waals surface area contributed by atoms with E-state index in [0.29, 0.717) is 28.7 Å². The van der Waals surface area contributed by atoms with Crippen LogP contribution in [-0.2, 0) is 11.8 Å². The predicted molar refractivity (Wildman–Crippen MR) is 101 cm³/mol. The van der Waals surface area contributed by atoms with E-state index in [1.54, 1.807) is 24.3 Å². The van der Waals surface area contributed by atoms with Crippen molar-refractivity contribution in [2.75, 3.05) is 20.0 Å². The van der Waals surface area contributed by atoms with Crippen molar-refractivity contribution in [3.63, 3.8) is 0 Å². The van der Waals surface area contributed by atoms with Gasteiger partial charge in [-0.1, -0.05) is 11.3 Å². The third-order valence-electron chi connectivity index (χ3n) is 4.02. The summed E-state index contributed by atoms with van der Waals surface area (Å²) in [6.45, 7) is 2.62. The molecule has 0 saturated heterocycles. The minimum atomic E-state index is -0.355. The molecule has 0 unspecified atom stereocenters. The SMILES string of the molecule is CCOc1ccc(OCC(=O)N=c2sc3cc4c(cc3n2C)OCO4)cc1. The minimum Gasteiger partial charge on any atom is -0.494 e. The number of thiazole rings is 1. The maximum Gasteiger partial charge on any atom is 0.286 e. The van der Waals surface area contributed by atoms with Gasteiger partial charge in [0.05, 0.1) is 16.8 Å². The summed E-state index contributed by atoms with van der Waals surface area (Å²) in [7, 11) is 1.86. The van der Waals surface area contributed by atoms with Gasteiger partial charge in [-0.2, -0.15) is 4.99 Å². The van der Waals surface area contributed by atoms with Crippen molar-refractivity contribution < 1.29 is 23.7 Å². The Morgan fingerprint density at radius 3 is 2.52 bits per heavy atom. The third kappa shape index (κ3) is 3.61. The number of aromatic nitrogens is 1. The number of carbonyl (C=O) groups is 1. The van der Waals surface area contributed by atoms with Gasteiger partial charge in [0.2, 0.25) is 6.79 Å². The van der Waals surface area contributed by atoms with Crippen LogP contribution in [0.5, 0.6) is 23.0 Å². The first-order valence-corrected chi connectivity index (χ1v) is 9.28. The van der Waals surface area contributed by atoms with Gasteiger partial charge in [0.15, 0.2) is 22.9 Å². The summed E-state index contributed by atoms with van der Waals surface area (Å²) in [5.74, 6) is 2.41. The average molecular weight is 386 g/mol. The molecule has 0 atom stereocenters. The molecule has 1 aliphatic heterocycles. The zero-order valence-corrected chi connectivity index (χ0v) is 15.7. The van der Waals surface area contributed by atoms with Crippen LogP contribution in [-0.4, -0.2) is 30.5 Å². The first-order valence-electron chi connectivity index (χ1n) is 8.46. The molecule has 3 aromatic rings. The lowest BCUT2D eigenvalue weighted by Crippen LogP contribution is -2.17. The second kappa shape index (κ2) is 7.32. The van der Waals surface area contributed by atoms with Gasteiger partial charge < -0.3 is 23.5 Å². The minimum absolute atomic E-state index is 0.134. The summed E-state index contributed by atoms with van der Waals surface area (Å²) in [6.07, 6.45) is 0. The molecule has 1 aliphatic rings. The van der Waals surface area contributed by atoms with E-state index in [-0.39, 0.29) is 19.3 Å². The van der Waals surface area contributed by atoms with Crippen LogP contribution in [0.1, 0.15) is 6.92 Å². The van der Waals surface area contributed by atoms with Gasteiger partial charge in [-0.15, -0.1) is 0 Å². The van der Waals surface area contributed by atoms with Crippen LogP contribution >= 0.6 is 11.3 Å². The molecule has 1 aromatic heterocycles. The molecule has 0 bridgehead atoms. The van der Waals surface area contributed by atoms with E-state index in [4.69, 9.17) is 18.9 Å². The number of amides is 1. The van der Waals surface area contributed by atoms with E-state index < -0.39 is 0 Å². The molecule has 0 N–H and O–H groups in total. The zero-order chi connectivity index (χ0) is 18.8. The van der Waals surface area contributed by atoms with Gasteiger partial charge in [0.25, 0.3) is 5.91 Å². The number of nitrogens with zero attached hydrogens (tertiary/aromatic N) is 2. The Bertz CT molecular complexity index is 1050. The molecule has 0 aliphatic carbocycles. The van der Waals surface area contributed by atoms with E-state index in [1.807, 2.05) is 30.7 Å². The maximum atomic E-state index is 12.2. The topological polar surface area (TPSA) is 71.3 Å². The van der Waals surface area contributed by atoms with Crippen molar-refractivity contribution in [2.24, 2.45) is 12.0 Å². The van der Waals surface area contributed by atoms with Gasteiger partial charge >= 0.3 is 0 Å². The van der Waals surface area contributed by atoms with E-state index in [9.17, 15) is 4.79 Å². The van der Waals surface area contributed by atoms with Gasteiger partial charge in [0, 0.05) is 19.2 Å². The number of rotatable bonds is 5. The molecular formula is C19H18N2O5S. The summed E-state index contributed by atoms with van der Waals surface area (Å²) in [6, 6.07) is 10.9. The molecule has 140 valence electrons. The molecule has 8 heteroatoms. The molecule has 0 saturated carbocycles. The fourth-order valence-electron chi connectivity index (χ4n) is 2.71. The highest BCUT2D eigenvalue weighted by molar-refractivity contribution is 7.16. The molecule has 4 rings (SSSR count). The first-order chi connectivity index (χ1) is 13.1. The van der Waals surface area contributed by atoms with Crippen LogP contribution in [0.3, 0.4) is 0 Å². The van der Waals surface area contributed by atoms with Crippen LogP contribution in [0.25, 0.3) is 10.2 Å². The highest BCUT2D eigenvalue weighted by Gasteiger charge is 2.16. The predicted octanol–water partition coefficient (Wildman–Crippen LogP) is 2.87. The third-order valence-corrected chi connectivity index (χ3v) is 5.12. The lowest BCUT2D eigenvalue weighted by Gasteiger charge is -2.05. The Kier molecular flexibility index (Phi) is 4.72. The summed E-state index contributed by atoms with van der Waals surface area (Å²) in [5, 5.41) is 0. The normalized spacial score (nSPS) is 13.2. The molecule has 0 fully saturated rings. The molecule has 27 heavy (non-hydrogen) atoms. The van der Waals surface area contributed by atoms with Crippen molar-refractivity contribution in [2.45, 2.75) is 6.92 Å². The van der Waals surface area contributed by atoms with Gasteiger partial charge in [-0.3, -0.25) is 4.79 Å². The average Bonchev–Trinajstić information content (AvgIpc) is 3.24. The molecule has 0 spiro atoms. The second-order valence-corrected chi connectivity index (χ2v) is 6.82. The molecule has 7 nitrogen and oxygen atoms in total. The lowest BCUT2D eigenvalue weighted by molar-refractivity contribution is -0.120. The standard InChI is InChI=1S/C19H18N2O5S/c1-3-23-12-4-6-13(7-5-12)24-10-18(22)20-19-21(2)14-8-15-16(26-11-25-15)9-17(14)27-19/h4-9H,3,10-11H2,1-2H3. The van der Waals surface area contributed by atoms with Crippen LogP contribution in [0.2, 0.25) is 0 Å². The Hall–Kier alpha value is -3.00. The number of carbonyl (C=O) groups excluding carboxylic acids is 1. The Labute approximate surface area is 159 Å². The van der Waals surface area contributed by atoms with E-state index in [1.165, 1.54) is 11.3 Å². The number of fused-ring (bicyclic) bond motifs is 2. The van der Waals surface area contributed by atoms with Crippen LogP contribution in [0.4, 0.5) is 0 Å². The van der Waals surface area contributed by atoms with Crippen molar-refractivity contribution in [1.29, 1.82) is 0 Å². The first kappa shape index (κ1) is 17.4. The number of ether oxygens (including phenoxy) is 4. The maximum absolute atomic E-state index is 12.2. The monoisotopic (exact) mass is 386 g/mol. The number of hydrogen-bond acceptors (Lipinski definition) is 6. The highest BCUT2D eigenvalue weighted by atomic mass is 32.1. The van der Waals surface area contributed by atoms with Crippen molar-refractivity contribution in [3.05, 3.63) is 41.2 Å². The largest absolute Gasteiger partial charge is 0.494 e. The van der Waals surface area contributed by atoms with Crippen molar-refractivity contribution in [3.8, 4) is 23.0 Å². The fourth-order valence-corrected chi connectivity index (χ4v) is 3.75. The molecular weight excluding hydrogens is 368 g/mol. The number of benzene rings is 2. The van der Waals surface area contributed by atoms with Crippen molar-refractivity contribution in [1.82, 2.24) is 4.57 Å². The smallest absolute Gasteiger partial charge is 0.286 e. The molecule has 1 amide bonds. The quantitative estimate of drug-likeness (QED) is 0.674. The van der Waals surface area contributed by atoms with E-state index >= 15 is 0 Å². The highest BCUT2D eigenvalue weighted by Crippen LogP contribution is 2.36. The van der Waals surface area contributed by atoms with E-state index in [2.05, 4.69) is 4.99 Å². The fraction of sp³-hybridized carbons (Fsp3) is 0.263. The second-order valence-electron chi connectivity index (χ2n) is 5.82. The van der Waals surface area contributed by atoms with Crippen LogP contribution in [0.15, 0.2) is 41.4 Å². The summed E-state index contributed by atoms with van der Waals surface area (Å²) >= 11 is 1.42. The Balaban J connectivity index is 1.49. The van der Waals surface area contributed by atoms with Gasteiger partial charge in [0.1, 0.15) is 11.5 Å². The molecule has 2 heterocycles. The van der Waals surface area contributed by atoms with Gasteiger partial charge in [-0.05, 0) is 31.2 Å². The van der Waals surface area contributed by atoms with Crippen LogP contribution in [0, 0.1) is 0 Å². The van der Waals surface area contributed by atoms with E-state index in [0.717, 1.165) is 16.0 Å². The molecule has 2 aromatic carbocycles. The number of aryl methyl sites for hydroxylation is 1. The summed E-state index contributed by atoms with van der Waals surface area (Å²) < 4.78 is 24.5. The molecule has 0 radical (unpaired) electrons. The lowest BCUT2D eigenvalue weighted by atomic mass is 10.3. The van der Waals surface area contributed by atoms with Crippen molar-refractivity contribution >= 4 is 27.5 Å². The summed E-state index contributed by atoms with van der Waals surface area (Å²) in [4.78, 5) is 17.0. The number of hydrogen-bond donors (Lipinski definition) is 0. The Morgan fingerprint density at radius 2 is 1.81 bits per heavy atom. The Morgan fingerprint density at radius 1 is 1.15 bits per heavy atom. The summed E-state index contributed by atoms with van der Waals surface area (Å²) in [5.41, 5.74) is 0.934. The zero-order valence-electron chi connectivity index (χ0n) is 14.9. The van der Waals surface area contributed by atoms with Crippen LogP contribution < -0.4 is 23.7 Å².